The van der Waals surface area contributed by atoms with Crippen LogP contribution >= 0.6 is 11.3 Å². The molecule has 1 aromatic heterocycles. The first-order valence-electron chi connectivity index (χ1n) is 22.7. The van der Waals surface area contributed by atoms with E-state index >= 15 is 0 Å². The van der Waals surface area contributed by atoms with Crippen LogP contribution < -0.4 is 13.9 Å². The number of benzene rings is 3. The van der Waals surface area contributed by atoms with Crippen molar-refractivity contribution in [2.24, 2.45) is 0 Å². The number of likely N-dealkylation sites (tertiary alicyclic amines) is 1. The Labute approximate surface area is 378 Å². The second-order valence-corrected chi connectivity index (χ2v) is 22.6. The lowest BCUT2D eigenvalue weighted by atomic mass is 9.97. The van der Waals surface area contributed by atoms with E-state index in [-0.39, 0.29) is 27.9 Å². The standard InChI is InChI=1S/C47H57NO13SSi/c1-28(49)56-40-41(57-29(2)50)43(58-30(3)51)46(60-42(40)45(53)54-7)59-34-19-15-32(16-20-34)44-38(36-22-21-35(27-37(36)62-44)61-63(8,9)47(4,5)6)39(52)31-13-17-33(18-14-31)55-26-25-48-23-11-10-12-24-48/h13-22,27,40-43,46H,10-12,23-26H2,1-9H3/i25D2,26D2. The highest BCUT2D eigenvalue weighted by atomic mass is 32.1. The summed E-state index contributed by atoms with van der Waals surface area (Å²) in [6.45, 7) is 9.74. The quantitative estimate of drug-likeness (QED) is 0.0487. The van der Waals surface area contributed by atoms with Gasteiger partial charge in [-0.15, -0.1) is 11.3 Å². The van der Waals surface area contributed by atoms with Gasteiger partial charge < -0.3 is 37.6 Å². The molecule has 2 fully saturated rings. The first-order valence-corrected chi connectivity index (χ1v) is 24.4. The summed E-state index contributed by atoms with van der Waals surface area (Å²) in [6, 6.07) is 18.1. The molecular formula is C47H57NO13SSi. The van der Waals surface area contributed by atoms with Gasteiger partial charge in [0.15, 0.2) is 24.1 Å². The molecule has 4 aromatic rings. The molecule has 5 atom stereocenters. The van der Waals surface area contributed by atoms with E-state index in [2.05, 4.69) is 33.9 Å². The fourth-order valence-electron chi connectivity index (χ4n) is 6.98. The summed E-state index contributed by atoms with van der Waals surface area (Å²) >= 11 is 1.37. The largest absolute Gasteiger partial charge is 0.543 e. The SMILES string of the molecule is [2H]C([2H])(Oc1ccc(C(=O)c2c(-c3ccc(OC4OC(C(=O)OC)C(OC(C)=O)C(OC(C)=O)C4OC(C)=O)cc3)sc3cc(O[Si](C)(C)C(C)(C)C)ccc23)cc1)C([2H])([2H])N1CCCCC1. The smallest absolute Gasteiger partial charge is 0.339 e. The Hall–Kier alpha value is -5.29. The van der Waals surface area contributed by atoms with E-state index in [0.717, 1.165) is 51.8 Å². The summed E-state index contributed by atoms with van der Waals surface area (Å²) in [4.78, 5) is 66.5. The maximum absolute atomic E-state index is 14.7. The Bertz CT molecular complexity index is 2470. The first-order chi connectivity index (χ1) is 31.3. The summed E-state index contributed by atoms with van der Waals surface area (Å²) in [7, 11) is -1.16. The van der Waals surface area contributed by atoms with Crippen LogP contribution in [0.25, 0.3) is 20.5 Å². The number of carbonyl (C=O) groups excluding carboxylic acids is 5. The Morgan fingerprint density at radius 1 is 0.794 bits per heavy atom. The molecule has 0 N–H and O–H groups in total. The first kappa shape index (κ1) is 41.7. The van der Waals surface area contributed by atoms with Crippen LogP contribution in [0.1, 0.15) is 82.2 Å². The summed E-state index contributed by atoms with van der Waals surface area (Å²) in [5.74, 6) is -2.94. The van der Waals surface area contributed by atoms with Crippen molar-refractivity contribution in [1.29, 1.82) is 0 Å². The van der Waals surface area contributed by atoms with Gasteiger partial charge in [0.25, 0.3) is 0 Å². The van der Waals surface area contributed by atoms with E-state index in [1.807, 2.05) is 18.2 Å². The second-order valence-electron chi connectivity index (χ2n) is 16.9. The molecule has 6 rings (SSSR count). The van der Waals surface area contributed by atoms with Crippen LogP contribution in [0.2, 0.25) is 18.1 Å². The lowest BCUT2D eigenvalue weighted by molar-refractivity contribution is -0.282. The zero-order chi connectivity index (χ0) is 49.2. The van der Waals surface area contributed by atoms with Gasteiger partial charge in [-0.3, -0.25) is 24.1 Å². The second kappa shape index (κ2) is 20.0. The molecule has 0 saturated carbocycles. The number of carbonyl (C=O) groups is 5. The number of ketones is 1. The number of nitrogens with zero attached hydrogens (tertiary/aromatic N) is 1. The van der Waals surface area contributed by atoms with Crippen LogP contribution in [0.15, 0.2) is 66.7 Å². The van der Waals surface area contributed by atoms with Gasteiger partial charge >= 0.3 is 23.9 Å². The number of hydrogen-bond acceptors (Lipinski definition) is 15. The molecule has 0 radical (unpaired) electrons. The minimum Gasteiger partial charge on any atom is -0.543 e. The Morgan fingerprint density at radius 3 is 1.98 bits per heavy atom. The van der Waals surface area contributed by atoms with Gasteiger partial charge in [0.1, 0.15) is 23.8 Å². The summed E-state index contributed by atoms with van der Waals surface area (Å²) in [5, 5.41) is 0.582. The van der Waals surface area contributed by atoms with Crippen molar-refractivity contribution in [3.05, 3.63) is 77.9 Å². The molecule has 0 aliphatic carbocycles. The molecule has 3 aromatic carbocycles. The predicted molar refractivity (Wildman–Crippen MR) is 239 cm³/mol. The third-order valence-corrected chi connectivity index (χ3v) is 16.7. The van der Waals surface area contributed by atoms with Crippen LogP contribution in [0.3, 0.4) is 0 Å². The molecule has 0 amide bonds. The maximum Gasteiger partial charge on any atom is 0.339 e. The van der Waals surface area contributed by atoms with Crippen molar-refractivity contribution in [3.63, 3.8) is 0 Å². The molecule has 63 heavy (non-hydrogen) atoms. The van der Waals surface area contributed by atoms with E-state index in [0.29, 0.717) is 40.2 Å². The van der Waals surface area contributed by atoms with Crippen LogP contribution in [-0.2, 0) is 42.9 Å². The van der Waals surface area contributed by atoms with E-state index < -0.39 is 76.0 Å². The normalized spacial score (nSPS) is 22.0. The molecule has 2 aliphatic rings. The molecule has 3 heterocycles. The van der Waals surface area contributed by atoms with Crippen LogP contribution in [0.5, 0.6) is 17.2 Å². The van der Waals surface area contributed by atoms with E-state index in [9.17, 15) is 24.0 Å². The van der Waals surface area contributed by atoms with Crippen LogP contribution in [0.4, 0.5) is 0 Å². The summed E-state index contributed by atoms with van der Waals surface area (Å²) < 4.78 is 80.7. The van der Waals surface area contributed by atoms with Crippen molar-refractivity contribution in [3.8, 4) is 27.7 Å². The zero-order valence-electron chi connectivity index (χ0n) is 40.9. The number of hydrogen-bond donors (Lipinski definition) is 0. The van der Waals surface area contributed by atoms with Crippen molar-refractivity contribution >= 4 is 59.4 Å². The highest BCUT2D eigenvalue weighted by Crippen LogP contribution is 2.44. The fourth-order valence-corrected chi connectivity index (χ4v) is 9.24. The minimum atomic E-state index is -2.70. The number of piperidine rings is 1. The van der Waals surface area contributed by atoms with Gasteiger partial charge in [0.05, 0.1) is 9.85 Å². The van der Waals surface area contributed by atoms with Crippen LogP contribution in [0, 0.1) is 0 Å². The van der Waals surface area contributed by atoms with Gasteiger partial charge in [-0.05, 0) is 116 Å². The lowest BCUT2D eigenvalue weighted by Crippen LogP contribution is -2.64. The topological polar surface area (TPSA) is 162 Å². The third-order valence-electron chi connectivity index (χ3n) is 11.1. The summed E-state index contributed by atoms with van der Waals surface area (Å²) in [6.07, 6.45) is -5.39. The number of methoxy groups -OCH3 is 1. The monoisotopic (exact) mass is 907 g/mol. The summed E-state index contributed by atoms with van der Waals surface area (Å²) in [5.41, 5.74) is 1.26. The average Bonchev–Trinajstić information content (AvgIpc) is 3.63. The minimum absolute atomic E-state index is 0.0534. The van der Waals surface area contributed by atoms with E-state index in [1.54, 1.807) is 24.3 Å². The molecular weight excluding hydrogens is 847 g/mol. The predicted octanol–water partition coefficient (Wildman–Crippen LogP) is 8.12. The van der Waals surface area contributed by atoms with Gasteiger partial charge in [-0.2, -0.15) is 0 Å². The molecule has 5 unspecified atom stereocenters. The van der Waals surface area contributed by atoms with Crippen LogP contribution in [-0.4, -0.2) is 107 Å². The Morgan fingerprint density at radius 2 is 1.38 bits per heavy atom. The highest BCUT2D eigenvalue weighted by Gasteiger charge is 2.56. The molecule has 0 spiro atoms. The fraction of sp³-hybridized carbons (Fsp3) is 0.468. The van der Waals surface area contributed by atoms with Crippen molar-refractivity contribution in [1.82, 2.24) is 4.90 Å². The third kappa shape index (κ3) is 11.5. The number of thiophene rings is 1. The number of esters is 4. The highest BCUT2D eigenvalue weighted by molar-refractivity contribution is 7.22. The van der Waals surface area contributed by atoms with Gasteiger partial charge in [0, 0.05) is 56.1 Å². The maximum atomic E-state index is 14.7. The molecule has 2 saturated heterocycles. The van der Waals surface area contributed by atoms with Gasteiger partial charge in [-0.1, -0.05) is 27.2 Å². The Kier molecular flexibility index (Phi) is 13.3. The van der Waals surface area contributed by atoms with E-state index in [4.69, 9.17) is 43.1 Å². The molecule has 2 aliphatic heterocycles. The van der Waals surface area contributed by atoms with Crippen molar-refractivity contribution in [2.45, 2.75) is 110 Å². The molecule has 0 bridgehead atoms. The molecule has 338 valence electrons. The number of ether oxygens (including phenoxy) is 7. The molecule has 16 heteroatoms. The molecule has 14 nitrogen and oxygen atoms in total. The van der Waals surface area contributed by atoms with Gasteiger partial charge in [-0.25, -0.2) is 4.79 Å². The van der Waals surface area contributed by atoms with Crippen molar-refractivity contribution < 1.29 is 67.0 Å². The number of rotatable bonds is 15. The van der Waals surface area contributed by atoms with E-state index in [1.165, 1.54) is 40.5 Å². The van der Waals surface area contributed by atoms with Gasteiger partial charge in [0.2, 0.25) is 20.7 Å². The number of fused-ring (bicyclic) bond motifs is 1. The Balaban J connectivity index is 1.35. The average molecular weight is 908 g/mol. The zero-order valence-corrected chi connectivity index (χ0v) is 38.8. The lowest BCUT2D eigenvalue weighted by Gasteiger charge is -2.43. The van der Waals surface area contributed by atoms with Crippen molar-refractivity contribution in [2.75, 3.05) is 33.3 Å².